The fraction of sp³-hybridized carbons (Fsp3) is 0.0769. The average Bonchev–Trinajstić information content (AvgIpc) is 2.73. The first-order valence-corrected chi connectivity index (χ1v) is 11.9. The van der Waals surface area contributed by atoms with Crippen molar-refractivity contribution >= 4 is 27.3 Å². The normalized spacial score (nSPS) is 13.8. The quantitative estimate of drug-likeness (QED) is 0.385. The van der Waals surface area contributed by atoms with Crippen molar-refractivity contribution in [1.29, 1.82) is 0 Å². The van der Waals surface area contributed by atoms with Crippen LogP contribution in [0, 0.1) is 6.92 Å². The third kappa shape index (κ3) is 2.84. The van der Waals surface area contributed by atoms with Gasteiger partial charge in [0.1, 0.15) is 0 Å². The van der Waals surface area contributed by atoms with Crippen molar-refractivity contribution in [1.82, 2.24) is 0 Å². The van der Waals surface area contributed by atoms with Crippen molar-refractivity contribution in [2.45, 2.75) is 12.8 Å². The molecule has 27 heavy (non-hydrogen) atoms. The molecule has 1 aliphatic heterocycles. The Morgan fingerprint density at radius 2 is 1.07 bits per heavy atom. The minimum atomic E-state index is -1.29. The van der Waals surface area contributed by atoms with E-state index in [4.69, 9.17) is 0 Å². The van der Waals surface area contributed by atoms with Gasteiger partial charge in [-0.05, 0) is 0 Å². The monoisotopic (exact) mass is 413 g/mol. The van der Waals surface area contributed by atoms with Crippen molar-refractivity contribution in [3.05, 3.63) is 125 Å². The summed E-state index contributed by atoms with van der Waals surface area (Å²) in [5.41, 5.74) is 5.66. The van der Waals surface area contributed by atoms with Gasteiger partial charge in [0, 0.05) is 0 Å². The first-order chi connectivity index (χ1) is 13.3. The molecule has 4 aromatic carbocycles. The van der Waals surface area contributed by atoms with Gasteiger partial charge in [-0.3, -0.25) is 0 Å². The first-order valence-electron chi connectivity index (χ1n) is 9.37. The van der Waals surface area contributed by atoms with Gasteiger partial charge in [-0.1, -0.05) is 0 Å². The van der Waals surface area contributed by atoms with Crippen LogP contribution in [0.15, 0.2) is 103 Å². The van der Waals surface area contributed by atoms with Gasteiger partial charge in [0.05, 0.1) is 0 Å². The Labute approximate surface area is 165 Å². The molecule has 0 nitrogen and oxygen atoms in total. The first kappa shape index (κ1) is 16.6. The van der Waals surface area contributed by atoms with Crippen LogP contribution in [0.2, 0.25) is 0 Å². The maximum absolute atomic E-state index is 2.37. The molecule has 4 aromatic rings. The van der Waals surface area contributed by atoms with E-state index in [1.54, 1.807) is 8.92 Å². The second kappa shape index (κ2) is 6.85. The van der Waals surface area contributed by atoms with Gasteiger partial charge in [-0.25, -0.2) is 0 Å². The summed E-state index contributed by atoms with van der Waals surface area (Å²) in [5, 5.41) is 0. The summed E-state index contributed by atoms with van der Waals surface area (Å²) in [4.78, 5) is 0. The molecule has 0 aromatic heterocycles. The molecule has 0 amide bonds. The van der Waals surface area contributed by atoms with Crippen LogP contribution in [-0.4, -0.2) is 13.9 Å². The van der Waals surface area contributed by atoms with Crippen LogP contribution >= 0.6 is 0 Å². The van der Waals surface area contributed by atoms with Gasteiger partial charge in [0.25, 0.3) is 0 Å². The van der Waals surface area contributed by atoms with Crippen LogP contribution in [0.1, 0.15) is 28.2 Å². The number of fused-ring (bicyclic) bond motifs is 2. The summed E-state index contributed by atoms with van der Waals surface area (Å²) in [6, 6.07) is 38.4. The number of benzene rings is 4. The molecule has 0 saturated heterocycles. The van der Waals surface area contributed by atoms with E-state index in [1.807, 2.05) is 0 Å². The fourth-order valence-corrected chi connectivity index (χ4v) is 9.12. The van der Waals surface area contributed by atoms with Crippen molar-refractivity contribution in [2.75, 3.05) is 0 Å². The zero-order chi connectivity index (χ0) is 18.2. The maximum atomic E-state index is 2.37. The van der Waals surface area contributed by atoms with Gasteiger partial charge < -0.3 is 0 Å². The molecule has 1 heteroatoms. The van der Waals surface area contributed by atoms with E-state index in [2.05, 4.69) is 110 Å². The molecular formula is C26H21Se. The standard InChI is InChI=1S/C26H21Se/c1-19-15-17-21(18-16-19)27-24-13-7-5-11-22(24)26(20-9-3-2-4-10-20)23-12-6-8-14-25(23)27/h2-18,26H,1H3. The number of rotatable bonds is 2. The molecule has 0 aliphatic carbocycles. The summed E-state index contributed by atoms with van der Waals surface area (Å²) in [6.07, 6.45) is 0. The predicted octanol–water partition coefficient (Wildman–Crippen LogP) is 4.00. The minimum absolute atomic E-state index is 0.323. The van der Waals surface area contributed by atoms with E-state index >= 15 is 0 Å². The van der Waals surface area contributed by atoms with Crippen LogP contribution < -0.4 is 13.4 Å². The summed E-state index contributed by atoms with van der Waals surface area (Å²) in [7, 11) is 0. The van der Waals surface area contributed by atoms with Crippen molar-refractivity contribution < 1.29 is 0 Å². The van der Waals surface area contributed by atoms with Crippen molar-refractivity contribution in [3.8, 4) is 0 Å². The molecule has 0 bridgehead atoms. The van der Waals surface area contributed by atoms with Gasteiger partial charge in [0.2, 0.25) is 0 Å². The molecule has 0 saturated carbocycles. The summed E-state index contributed by atoms with van der Waals surface area (Å²) >= 11 is -1.29. The Morgan fingerprint density at radius 3 is 1.67 bits per heavy atom. The fourth-order valence-electron chi connectivity index (χ4n) is 4.03. The molecule has 0 N–H and O–H groups in total. The molecular weight excluding hydrogens is 391 g/mol. The molecule has 0 spiro atoms. The summed E-state index contributed by atoms with van der Waals surface area (Å²) in [5.74, 6) is 0.323. The molecule has 0 fully saturated rings. The Bertz CT molecular complexity index is 1030. The van der Waals surface area contributed by atoms with E-state index in [-0.39, 0.29) is 0 Å². The second-order valence-electron chi connectivity index (χ2n) is 7.04. The third-order valence-electron chi connectivity index (χ3n) is 5.29. The molecule has 0 unspecified atom stereocenters. The van der Waals surface area contributed by atoms with Crippen LogP contribution in [0.4, 0.5) is 0 Å². The van der Waals surface area contributed by atoms with Crippen molar-refractivity contribution in [2.24, 2.45) is 0 Å². The zero-order valence-corrected chi connectivity index (χ0v) is 17.0. The summed E-state index contributed by atoms with van der Waals surface area (Å²) < 4.78 is 4.59. The SMILES string of the molecule is Cc1ccc([Se]2c3ccccc3C(c3ccccc3)c3ccccc32)cc1. The van der Waals surface area contributed by atoms with Gasteiger partial charge in [-0.2, -0.15) is 0 Å². The second-order valence-corrected chi connectivity index (χ2v) is 11.2. The van der Waals surface area contributed by atoms with E-state index in [0.29, 0.717) is 5.92 Å². The predicted molar refractivity (Wildman–Crippen MR) is 116 cm³/mol. The average molecular weight is 412 g/mol. The van der Waals surface area contributed by atoms with Crippen LogP contribution in [0.25, 0.3) is 0 Å². The number of hydrogen-bond donors (Lipinski definition) is 0. The summed E-state index contributed by atoms with van der Waals surface area (Å²) in [6.45, 7) is 2.16. The van der Waals surface area contributed by atoms with Crippen LogP contribution in [0.5, 0.6) is 0 Å². The molecule has 131 valence electrons. The van der Waals surface area contributed by atoms with E-state index in [1.165, 1.54) is 26.7 Å². The molecule has 1 radical (unpaired) electrons. The molecule has 1 aliphatic rings. The topological polar surface area (TPSA) is 0 Å². The molecule has 1 heterocycles. The van der Waals surface area contributed by atoms with Gasteiger partial charge in [-0.15, -0.1) is 0 Å². The van der Waals surface area contributed by atoms with Gasteiger partial charge in [0.15, 0.2) is 0 Å². The van der Waals surface area contributed by atoms with Crippen LogP contribution in [0.3, 0.4) is 0 Å². The van der Waals surface area contributed by atoms with Gasteiger partial charge >= 0.3 is 166 Å². The Hall–Kier alpha value is -2.60. The number of aryl methyl sites for hydroxylation is 1. The van der Waals surface area contributed by atoms with Crippen LogP contribution in [-0.2, 0) is 0 Å². The van der Waals surface area contributed by atoms with E-state index in [0.717, 1.165) is 0 Å². The molecule has 5 rings (SSSR count). The molecule has 0 atom stereocenters. The number of hydrogen-bond acceptors (Lipinski definition) is 0. The third-order valence-corrected chi connectivity index (χ3v) is 10.3. The Balaban J connectivity index is 1.78. The van der Waals surface area contributed by atoms with Crippen molar-refractivity contribution in [3.63, 3.8) is 0 Å². The van der Waals surface area contributed by atoms with E-state index < -0.39 is 13.9 Å². The Kier molecular flexibility index (Phi) is 4.20. The zero-order valence-electron chi connectivity index (χ0n) is 15.3. The Morgan fingerprint density at radius 1 is 0.556 bits per heavy atom. The van der Waals surface area contributed by atoms with E-state index in [9.17, 15) is 0 Å².